The van der Waals surface area contributed by atoms with Crippen LogP contribution in [0.2, 0.25) is 0 Å². The number of nitrogens with zero attached hydrogens (tertiary/aromatic N) is 4. The molecule has 0 amide bonds. The second-order valence-corrected chi connectivity index (χ2v) is 18.4. The molecule has 14 aromatic rings. The molecule has 0 saturated heterocycles. The fourth-order valence-electron chi connectivity index (χ4n) is 11.2. The Hall–Kier alpha value is -9.69. The highest BCUT2D eigenvalue weighted by molar-refractivity contribution is 6.20. The first kappa shape index (κ1) is 40.4. The molecule has 3 aromatic heterocycles. The molecule has 0 bridgehead atoms. The van der Waals surface area contributed by atoms with E-state index in [1.807, 2.05) is 0 Å². The van der Waals surface area contributed by atoms with Crippen molar-refractivity contribution in [2.75, 3.05) is 0 Å². The highest BCUT2D eigenvalue weighted by Crippen LogP contribution is 2.47. The van der Waals surface area contributed by atoms with E-state index in [4.69, 9.17) is 0 Å². The van der Waals surface area contributed by atoms with Gasteiger partial charge in [0.05, 0.1) is 44.5 Å². The van der Waals surface area contributed by atoms with Gasteiger partial charge in [0.1, 0.15) is 11.6 Å². The number of hydrogen-bond donors (Lipinski definition) is 0. The Morgan fingerprint density at radius 2 is 0.620 bits per heavy atom. The van der Waals surface area contributed by atoms with Gasteiger partial charge < -0.3 is 13.7 Å². The van der Waals surface area contributed by atoms with Gasteiger partial charge in [0, 0.05) is 38.0 Å². The topological polar surface area (TPSA) is 38.6 Å². The van der Waals surface area contributed by atoms with Crippen LogP contribution in [0.15, 0.2) is 255 Å². The summed E-state index contributed by atoms with van der Waals surface area (Å²) in [5.41, 5.74) is 18.6. The van der Waals surface area contributed by atoms with Crippen LogP contribution in [-0.4, -0.2) is 13.7 Å². The van der Waals surface area contributed by atoms with Gasteiger partial charge in [0.25, 0.3) is 0 Å². The van der Waals surface area contributed by atoms with Crippen LogP contribution in [0.4, 0.5) is 0 Å². The molecular formula is C67H42N4. The minimum Gasteiger partial charge on any atom is -0.309 e. The van der Waals surface area contributed by atoms with Crippen LogP contribution < -0.4 is 0 Å². The van der Waals surface area contributed by atoms with Gasteiger partial charge in [-0.15, -0.1) is 0 Å². The third kappa shape index (κ3) is 6.38. The van der Waals surface area contributed by atoms with Crippen LogP contribution in [0.1, 0.15) is 5.56 Å². The maximum atomic E-state index is 12.1. The van der Waals surface area contributed by atoms with Crippen molar-refractivity contribution in [3.05, 3.63) is 260 Å². The van der Waals surface area contributed by atoms with Crippen molar-refractivity contribution in [1.29, 1.82) is 5.26 Å². The first-order chi connectivity index (χ1) is 35.2. The van der Waals surface area contributed by atoms with Gasteiger partial charge in [-0.05, 0) is 117 Å². The molecule has 0 saturated carbocycles. The zero-order chi connectivity index (χ0) is 47.0. The predicted molar refractivity (Wildman–Crippen MR) is 296 cm³/mol. The molecule has 11 aromatic carbocycles. The Labute approximate surface area is 410 Å². The first-order valence-corrected chi connectivity index (χ1v) is 24.1. The zero-order valence-corrected chi connectivity index (χ0v) is 38.5. The molecule has 0 atom stereocenters. The third-order valence-corrected chi connectivity index (χ3v) is 14.5. The van der Waals surface area contributed by atoms with Crippen molar-refractivity contribution in [1.82, 2.24) is 13.7 Å². The van der Waals surface area contributed by atoms with Crippen molar-refractivity contribution in [2.24, 2.45) is 0 Å². The van der Waals surface area contributed by atoms with Crippen molar-refractivity contribution in [3.8, 4) is 67.6 Å². The maximum absolute atomic E-state index is 12.1. The van der Waals surface area contributed by atoms with E-state index < -0.39 is 0 Å². The number of fused-ring (bicyclic) bond motifs is 9. The van der Waals surface area contributed by atoms with E-state index in [1.54, 1.807) is 0 Å². The molecule has 0 radical (unpaired) electrons. The normalized spacial score (nSPS) is 11.6. The number of benzene rings is 11. The second kappa shape index (κ2) is 16.2. The smallest absolute Gasteiger partial charge is 0.104 e. The minimum absolute atomic E-state index is 0.588. The molecule has 3 heterocycles. The van der Waals surface area contributed by atoms with Gasteiger partial charge in [-0.3, -0.25) is 0 Å². The van der Waals surface area contributed by atoms with Crippen LogP contribution in [-0.2, 0) is 0 Å². The Balaban J connectivity index is 1.16. The Morgan fingerprint density at radius 3 is 1.03 bits per heavy atom. The lowest BCUT2D eigenvalue weighted by atomic mass is 10.0. The Morgan fingerprint density at radius 1 is 0.268 bits per heavy atom. The monoisotopic (exact) mass is 902 g/mol. The second-order valence-electron chi connectivity index (χ2n) is 18.4. The number of rotatable bonds is 7. The fourth-order valence-corrected chi connectivity index (χ4v) is 11.2. The van der Waals surface area contributed by atoms with Crippen molar-refractivity contribution < 1.29 is 0 Å². The van der Waals surface area contributed by atoms with E-state index in [1.165, 1.54) is 0 Å². The number of aromatic nitrogens is 3. The Kier molecular flexibility index (Phi) is 9.23. The molecule has 330 valence electrons. The molecular weight excluding hydrogens is 861 g/mol. The van der Waals surface area contributed by atoms with Crippen LogP contribution in [0.25, 0.3) is 127 Å². The molecule has 4 nitrogen and oxygen atoms in total. The van der Waals surface area contributed by atoms with Gasteiger partial charge in [0.15, 0.2) is 0 Å². The standard InChI is InChI=1S/C67H42N4/c68-43-58-64(70-60-34-30-48(44-18-6-1-7-19-44)38-54(60)55-39-49(31-35-61(55)70)45-20-8-2-9-21-45)42-65-66(53-28-16-17-29-59(53)69(65)52-26-14-5-15-27-52)67(58)71-62-36-32-50(46-22-10-3-11-23-46)40-56(62)57-41-51(33-37-63(57)71)47-24-12-4-13-25-47/h1-42H. The molecule has 0 fully saturated rings. The highest BCUT2D eigenvalue weighted by atomic mass is 15.1. The lowest BCUT2D eigenvalue weighted by Crippen LogP contribution is -2.06. The molecule has 0 aliphatic rings. The van der Waals surface area contributed by atoms with Gasteiger partial charge in [-0.1, -0.05) is 182 Å². The summed E-state index contributed by atoms with van der Waals surface area (Å²) in [6.07, 6.45) is 0. The van der Waals surface area contributed by atoms with E-state index in [-0.39, 0.29) is 0 Å². The van der Waals surface area contributed by atoms with E-state index in [0.29, 0.717) is 5.56 Å². The number of para-hydroxylation sites is 2. The lowest BCUT2D eigenvalue weighted by molar-refractivity contribution is 1.12. The van der Waals surface area contributed by atoms with E-state index >= 15 is 0 Å². The van der Waals surface area contributed by atoms with E-state index in [0.717, 1.165) is 127 Å². The zero-order valence-electron chi connectivity index (χ0n) is 38.5. The number of hydrogen-bond acceptors (Lipinski definition) is 1. The summed E-state index contributed by atoms with van der Waals surface area (Å²) >= 11 is 0. The Bertz CT molecular complexity index is 4230. The number of nitriles is 1. The van der Waals surface area contributed by atoms with Crippen LogP contribution in [0, 0.1) is 11.3 Å². The summed E-state index contributed by atoms with van der Waals surface area (Å²) in [6, 6.07) is 94.1. The minimum atomic E-state index is 0.588. The molecule has 0 aliphatic carbocycles. The van der Waals surface area contributed by atoms with Crippen molar-refractivity contribution in [2.45, 2.75) is 0 Å². The first-order valence-electron chi connectivity index (χ1n) is 24.1. The van der Waals surface area contributed by atoms with E-state index in [9.17, 15) is 5.26 Å². The van der Waals surface area contributed by atoms with Crippen LogP contribution >= 0.6 is 0 Å². The molecule has 71 heavy (non-hydrogen) atoms. The van der Waals surface area contributed by atoms with E-state index in [2.05, 4.69) is 275 Å². The molecule has 4 heteroatoms. The van der Waals surface area contributed by atoms with Crippen molar-refractivity contribution in [3.63, 3.8) is 0 Å². The summed E-state index contributed by atoms with van der Waals surface area (Å²) in [6.45, 7) is 0. The average molecular weight is 903 g/mol. The quantitative estimate of drug-likeness (QED) is 0.157. The van der Waals surface area contributed by atoms with Gasteiger partial charge >= 0.3 is 0 Å². The summed E-state index contributed by atoms with van der Waals surface area (Å²) in [7, 11) is 0. The predicted octanol–water partition coefficient (Wildman–Crippen LogP) is 17.5. The average Bonchev–Trinajstić information content (AvgIpc) is 4.08. The fraction of sp³-hybridized carbons (Fsp3) is 0. The molecule has 0 aliphatic heterocycles. The highest BCUT2D eigenvalue weighted by Gasteiger charge is 2.28. The molecule has 0 unspecified atom stereocenters. The maximum Gasteiger partial charge on any atom is 0.104 e. The van der Waals surface area contributed by atoms with Crippen molar-refractivity contribution >= 4 is 65.4 Å². The summed E-state index contributed by atoms with van der Waals surface area (Å²) in [4.78, 5) is 0. The molecule has 0 spiro atoms. The van der Waals surface area contributed by atoms with Gasteiger partial charge in [-0.25, -0.2) is 0 Å². The summed E-state index contributed by atoms with van der Waals surface area (Å²) in [5, 5.41) is 18.7. The summed E-state index contributed by atoms with van der Waals surface area (Å²) in [5.74, 6) is 0. The third-order valence-electron chi connectivity index (χ3n) is 14.5. The lowest BCUT2D eigenvalue weighted by Gasteiger charge is -2.19. The van der Waals surface area contributed by atoms with Gasteiger partial charge in [-0.2, -0.15) is 5.26 Å². The van der Waals surface area contributed by atoms with Crippen LogP contribution in [0.3, 0.4) is 0 Å². The summed E-state index contributed by atoms with van der Waals surface area (Å²) < 4.78 is 7.11. The molecule has 14 rings (SSSR count). The largest absolute Gasteiger partial charge is 0.309 e. The van der Waals surface area contributed by atoms with Gasteiger partial charge in [0.2, 0.25) is 0 Å². The molecule has 0 N–H and O–H groups in total. The SMILES string of the molecule is N#Cc1c(-n2c3ccc(-c4ccccc4)cc3c3cc(-c4ccccc4)ccc32)cc2c(c1-n1c3ccc(-c4ccccc4)cc3c3cc(-c4ccccc4)ccc31)c1ccccc1n2-c1ccccc1. The van der Waals surface area contributed by atoms with Crippen LogP contribution in [0.5, 0.6) is 0 Å².